The molecule has 0 aliphatic carbocycles. The van der Waals surface area contributed by atoms with Gasteiger partial charge in [-0.25, -0.2) is 14.8 Å². The lowest BCUT2D eigenvalue weighted by atomic mass is 10.3. The average Bonchev–Trinajstić information content (AvgIpc) is 3.08. The zero-order chi connectivity index (χ0) is 16.8. The van der Waals surface area contributed by atoms with Gasteiger partial charge in [0.25, 0.3) is 0 Å². The fourth-order valence-electron chi connectivity index (χ4n) is 2.70. The van der Waals surface area contributed by atoms with Crippen molar-refractivity contribution < 1.29 is 4.79 Å². The van der Waals surface area contributed by atoms with Crippen LogP contribution < -0.4 is 10.2 Å². The molecule has 1 fully saturated rings. The molecule has 2 aromatic rings. The maximum atomic E-state index is 12.3. The predicted molar refractivity (Wildman–Crippen MR) is 90.6 cm³/mol. The van der Waals surface area contributed by atoms with Gasteiger partial charge in [-0.15, -0.1) is 0 Å². The van der Waals surface area contributed by atoms with Gasteiger partial charge in [0.1, 0.15) is 0 Å². The lowest BCUT2D eigenvalue weighted by Crippen LogP contribution is -2.52. The number of nitrogens with zero attached hydrogens (tertiary/aromatic N) is 6. The molecule has 0 spiro atoms. The molecule has 1 aliphatic rings. The van der Waals surface area contributed by atoms with E-state index in [-0.39, 0.29) is 6.03 Å². The standard InChI is InChI=1S/C16H23N7O/c1-2-6-23-13-14(12-20-23)11-19-16(24)22-9-7-21(8-10-22)15-17-4-3-5-18-15/h3-5,12-13H,2,6-11H2,1H3,(H,19,24). The number of anilines is 1. The molecule has 0 saturated carbocycles. The number of carbonyl (C=O) groups excluding carboxylic acids is 1. The third-order valence-corrected chi connectivity index (χ3v) is 3.99. The molecular formula is C16H23N7O. The van der Waals surface area contributed by atoms with Crippen molar-refractivity contribution >= 4 is 12.0 Å². The van der Waals surface area contributed by atoms with Crippen LogP contribution >= 0.6 is 0 Å². The number of rotatable bonds is 5. The van der Waals surface area contributed by atoms with E-state index in [4.69, 9.17) is 0 Å². The van der Waals surface area contributed by atoms with Crippen molar-refractivity contribution in [3.63, 3.8) is 0 Å². The predicted octanol–water partition coefficient (Wildman–Crippen LogP) is 1.11. The van der Waals surface area contributed by atoms with Crippen LogP contribution in [0.4, 0.5) is 10.7 Å². The topological polar surface area (TPSA) is 79.2 Å². The number of hydrogen-bond acceptors (Lipinski definition) is 5. The summed E-state index contributed by atoms with van der Waals surface area (Å²) in [6, 6.07) is 1.77. The number of amides is 2. The normalized spacial score (nSPS) is 14.7. The molecule has 8 nitrogen and oxygen atoms in total. The molecule has 0 aromatic carbocycles. The number of carbonyl (C=O) groups is 1. The summed E-state index contributed by atoms with van der Waals surface area (Å²) in [6.45, 7) is 6.33. The molecular weight excluding hydrogens is 306 g/mol. The molecule has 0 bridgehead atoms. The molecule has 3 rings (SSSR count). The zero-order valence-electron chi connectivity index (χ0n) is 13.9. The van der Waals surface area contributed by atoms with Crippen LogP contribution in [0.25, 0.3) is 0 Å². The highest BCUT2D eigenvalue weighted by atomic mass is 16.2. The highest BCUT2D eigenvalue weighted by molar-refractivity contribution is 5.74. The maximum absolute atomic E-state index is 12.3. The fourth-order valence-corrected chi connectivity index (χ4v) is 2.70. The van der Waals surface area contributed by atoms with Gasteiger partial charge in [0.05, 0.1) is 6.20 Å². The second kappa shape index (κ2) is 7.76. The average molecular weight is 329 g/mol. The van der Waals surface area contributed by atoms with Gasteiger partial charge in [-0.05, 0) is 12.5 Å². The minimum absolute atomic E-state index is 0.0353. The number of piperazine rings is 1. The summed E-state index contributed by atoms with van der Waals surface area (Å²) in [5, 5.41) is 7.23. The van der Waals surface area contributed by atoms with Gasteiger partial charge < -0.3 is 15.1 Å². The van der Waals surface area contributed by atoms with Crippen molar-refractivity contribution in [3.05, 3.63) is 36.4 Å². The Kier molecular flexibility index (Phi) is 5.25. The van der Waals surface area contributed by atoms with E-state index in [0.717, 1.165) is 37.6 Å². The van der Waals surface area contributed by atoms with Crippen LogP contribution in [-0.4, -0.2) is 56.9 Å². The van der Waals surface area contributed by atoms with Gasteiger partial charge in [0.2, 0.25) is 5.95 Å². The number of urea groups is 1. The Labute approximate surface area is 141 Å². The van der Waals surface area contributed by atoms with Crippen molar-refractivity contribution in [2.24, 2.45) is 0 Å². The second-order valence-corrected chi connectivity index (χ2v) is 5.79. The van der Waals surface area contributed by atoms with Crippen LogP contribution in [0.5, 0.6) is 0 Å². The van der Waals surface area contributed by atoms with E-state index in [2.05, 4.69) is 32.2 Å². The molecule has 3 heterocycles. The lowest BCUT2D eigenvalue weighted by Gasteiger charge is -2.34. The molecule has 8 heteroatoms. The first-order valence-corrected chi connectivity index (χ1v) is 8.32. The second-order valence-electron chi connectivity index (χ2n) is 5.79. The van der Waals surface area contributed by atoms with E-state index in [1.165, 1.54) is 0 Å². The monoisotopic (exact) mass is 329 g/mol. The van der Waals surface area contributed by atoms with Gasteiger partial charge in [-0.1, -0.05) is 6.92 Å². The summed E-state index contributed by atoms with van der Waals surface area (Å²) in [5.74, 6) is 0.723. The number of nitrogens with one attached hydrogen (secondary N) is 1. The largest absolute Gasteiger partial charge is 0.337 e. The quantitative estimate of drug-likeness (QED) is 0.889. The Bertz CT molecular complexity index is 649. The van der Waals surface area contributed by atoms with Crippen molar-refractivity contribution in [2.75, 3.05) is 31.1 Å². The smallest absolute Gasteiger partial charge is 0.317 e. The molecule has 0 atom stereocenters. The Morgan fingerprint density at radius 3 is 2.67 bits per heavy atom. The minimum atomic E-state index is -0.0353. The summed E-state index contributed by atoms with van der Waals surface area (Å²) < 4.78 is 1.90. The first kappa shape index (κ1) is 16.2. The summed E-state index contributed by atoms with van der Waals surface area (Å²) in [6.07, 6.45) is 8.30. The molecule has 24 heavy (non-hydrogen) atoms. The van der Waals surface area contributed by atoms with Crippen LogP contribution in [0.3, 0.4) is 0 Å². The van der Waals surface area contributed by atoms with Crippen LogP contribution in [0, 0.1) is 0 Å². The van der Waals surface area contributed by atoms with Crippen LogP contribution in [-0.2, 0) is 13.1 Å². The van der Waals surface area contributed by atoms with Gasteiger partial charge in [-0.2, -0.15) is 5.10 Å². The Morgan fingerprint density at radius 2 is 1.96 bits per heavy atom. The summed E-state index contributed by atoms with van der Waals surface area (Å²) >= 11 is 0. The SMILES string of the molecule is CCCn1cc(CNC(=O)N2CCN(c3ncccn3)CC2)cn1. The first-order chi connectivity index (χ1) is 11.8. The number of aromatic nitrogens is 4. The summed E-state index contributed by atoms with van der Waals surface area (Å²) in [4.78, 5) is 24.7. The van der Waals surface area contributed by atoms with Crippen molar-refractivity contribution in [2.45, 2.75) is 26.4 Å². The molecule has 1 saturated heterocycles. The van der Waals surface area contributed by atoms with E-state index >= 15 is 0 Å². The van der Waals surface area contributed by atoms with Gasteiger partial charge in [0, 0.05) is 63.4 Å². The van der Waals surface area contributed by atoms with Gasteiger partial charge in [-0.3, -0.25) is 4.68 Å². The first-order valence-electron chi connectivity index (χ1n) is 8.32. The van der Waals surface area contributed by atoms with Crippen molar-refractivity contribution in [1.82, 2.24) is 30.0 Å². The molecule has 1 aliphatic heterocycles. The minimum Gasteiger partial charge on any atom is -0.337 e. The third-order valence-electron chi connectivity index (χ3n) is 3.99. The molecule has 2 aromatic heterocycles. The molecule has 0 radical (unpaired) electrons. The summed E-state index contributed by atoms with van der Waals surface area (Å²) in [5.41, 5.74) is 1.02. The summed E-state index contributed by atoms with van der Waals surface area (Å²) in [7, 11) is 0. The third kappa shape index (κ3) is 4.01. The Balaban J connectivity index is 1.45. The van der Waals surface area contributed by atoms with E-state index in [9.17, 15) is 4.79 Å². The van der Waals surface area contributed by atoms with Gasteiger partial charge >= 0.3 is 6.03 Å². The number of aryl methyl sites for hydroxylation is 1. The van der Waals surface area contributed by atoms with Crippen molar-refractivity contribution in [3.8, 4) is 0 Å². The van der Waals surface area contributed by atoms with E-state index in [1.807, 2.05) is 15.8 Å². The Morgan fingerprint density at radius 1 is 1.21 bits per heavy atom. The van der Waals surface area contributed by atoms with Gasteiger partial charge in [0.15, 0.2) is 0 Å². The molecule has 128 valence electrons. The zero-order valence-corrected chi connectivity index (χ0v) is 13.9. The highest BCUT2D eigenvalue weighted by Crippen LogP contribution is 2.09. The highest BCUT2D eigenvalue weighted by Gasteiger charge is 2.22. The Hall–Kier alpha value is -2.64. The van der Waals surface area contributed by atoms with Crippen LogP contribution in [0.2, 0.25) is 0 Å². The molecule has 2 amide bonds. The van der Waals surface area contributed by atoms with Crippen molar-refractivity contribution in [1.29, 1.82) is 0 Å². The van der Waals surface area contributed by atoms with Crippen LogP contribution in [0.15, 0.2) is 30.9 Å². The number of hydrogen-bond donors (Lipinski definition) is 1. The molecule has 1 N–H and O–H groups in total. The van der Waals surface area contributed by atoms with E-state index in [1.54, 1.807) is 24.7 Å². The maximum Gasteiger partial charge on any atom is 0.317 e. The fraction of sp³-hybridized carbons (Fsp3) is 0.500. The van der Waals surface area contributed by atoms with E-state index in [0.29, 0.717) is 19.6 Å². The lowest BCUT2D eigenvalue weighted by molar-refractivity contribution is 0.193. The van der Waals surface area contributed by atoms with E-state index < -0.39 is 0 Å². The molecule has 0 unspecified atom stereocenters. The van der Waals surface area contributed by atoms with Crippen LogP contribution in [0.1, 0.15) is 18.9 Å².